The fourth-order valence-electron chi connectivity index (χ4n) is 3.95. The molecule has 1 heterocycles. The van der Waals surface area contributed by atoms with Crippen LogP contribution in [0.15, 0.2) is 71.6 Å². The Morgan fingerprint density at radius 3 is 2.29 bits per heavy atom. The van der Waals surface area contributed by atoms with E-state index >= 15 is 0 Å². The minimum absolute atomic E-state index is 0.0322. The molecule has 1 saturated heterocycles. The number of carbonyl (C=O) groups excluding carboxylic acids is 1. The fraction of sp³-hybridized carbons (Fsp3) is 0.231. The van der Waals surface area contributed by atoms with Gasteiger partial charge in [-0.2, -0.15) is 5.26 Å². The Morgan fingerprint density at radius 2 is 1.66 bits per heavy atom. The molecule has 4 rings (SSSR count). The first-order valence-corrected chi connectivity index (χ1v) is 12.6. The third-order valence-electron chi connectivity index (χ3n) is 5.99. The number of nitrogens with zero attached hydrogens (tertiary/aromatic N) is 3. The molecule has 1 aliphatic rings. The molecule has 1 aliphatic heterocycles. The Balaban J connectivity index is 1.42. The highest BCUT2D eigenvalue weighted by Gasteiger charge is 2.25. The zero-order valence-corrected chi connectivity index (χ0v) is 20.1. The Hall–Kier alpha value is -3.74. The van der Waals surface area contributed by atoms with E-state index in [9.17, 15) is 17.6 Å². The molecule has 0 saturated carbocycles. The van der Waals surface area contributed by atoms with E-state index in [4.69, 9.17) is 5.26 Å². The summed E-state index contributed by atoms with van der Waals surface area (Å²) in [5.41, 5.74) is 2.99. The quantitative estimate of drug-likeness (QED) is 0.566. The number of halogens is 1. The van der Waals surface area contributed by atoms with Crippen molar-refractivity contribution in [1.82, 2.24) is 9.80 Å². The van der Waals surface area contributed by atoms with E-state index in [0.29, 0.717) is 42.9 Å². The van der Waals surface area contributed by atoms with Crippen LogP contribution in [0.5, 0.6) is 0 Å². The van der Waals surface area contributed by atoms with Crippen molar-refractivity contribution in [2.24, 2.45) is 0 Å². The standard InChI is InChI=1S/C26H25FN4O3S/c1-19-2-11-24(35(33,34)29-23-9-7-22(27)8-10-23)16-25(19)26(32)31-14-12-30(13-15-31)18-21-5-3-20(17-28)4-6-21/h2-11,16,29H,12-15,18H2,1H3. The summed E-state index contributed by atoms with van der Waals surface area (Å²) in [6.45, 7) is 4.94. The summed E-state index contributed by atoms with van der Waals surface area (Å²) < 4.78 is 41.3. The van der Waals surface area contributed by atoms with Gasteiger partial charge in [-0.25, -0.2) is 12.8 Å². The Bertz CT molecular complexity index is 1360. The van der Waals surface area contributed by atoms with Crippen molar-refractivity contribution in [2.45, 2.75) is 18.4 Å². The van der Waals surface area contributed by atoms with Crippen LogP contribution in [0.25, 0.3) is 0 Å². The number of nitrogens with one attached hydrogen (secondary N) is 1. The summed E-state index contributed by atoms with van der Waals surface area (Å²) in [7, 11) is -3.95. The van der Waals surface area contributed by atoms with Gasteiger partial charge < -0.3 is 4.90 Å². The summed E-state index contributed by atoms with van der Waals surface area (Å²) >= 11 is 0. The van der Waals surface area contributed by atoms with Gasteiger partial charge in [0.1, 0.15) is 5.82 Å². The lowest BCUT2D eigenvalue weighted by atomic mass is 10.1. The Morgan fingerprint density at radius 1 is 1.00 bits per heavy atom. The molecule has 0 atom stereocenters. The van der Waals surface area contributed by atoms with Crippen molar-refractivity contribution in [3.63, 3.8) is 0 Å². The van der Waals surface area contributed by atoms with Crippen LogP contribution in [-0.2, 0) is 16.6 Å². The number of anilines is 1. The summed E-state index contributed by atoms with van der Waals surface area (Å²) in [4.78, 5) is 17.2. The topological polar surface area (TPSA) is 93.5 Å². The third kappa shape index (κ3) is 5.85. The number of nitriles is 1. The van der Waals surface area contributed by atoms with Gasteiger partial charge in [-0.05, 0) is 66.6 Å². The summed E-state index contributed by atoms with van der Waals surface area (Å²) in [6.07, 6.45) is 0. The first-order chi connectivity index (χ1) is 16.7. The minimum Gasteiger partial charge on any atom is -0.336 e. The van der Waals surface area contributed by atoms with Gasteiger partial charge in [0, 0.05) is 44.0 Å². The number of hydrogen-bond acceptors (Lipinski definition) is 5. The number of sulfonamides is 1. The highest BCUT2D eigenvalue weighted by Crippen LogP contribution is 2.21. The predicted octanol–water partition coefficient (Wildman–Crippen LogP) is 3.76. The Labute approximate surface area is 204 Å². The number of piperazine rings is 1. The van der Waals surface area contributed by atoms with Crippen LogP contribution < -0.4 is 4.72 Å². The number of aryl methyl sites for hydroxylation is 1. The molecule has 3 aromatic rings. The smallest absolute Gasteiger partial charge is 0.261 e. The van der Waals surface area contributed by atoms with Crippen molar-refractivity contribution in [3.8, 4) is 6.07 Å². The SMILES string of the molecule is Cc1ccc(S(=O)(=O)Nc2ccc(F)cc2)cc1C(=O)N1CCN(Cc2ccc(C#N)cc2)CC1. The van der Waals surface area contributed by atoms with Gasteiger partial charge in [0.25, 0.3) is 15.9 Å². The lowest BCUT2D eigenvalue weighted by molar-refractivity contribution is 0.0627. The highest BCUT2D eigenvalue weighted by atomic mass is 32.2. The van der Waals surface area contributed by atoms with Crippen LogP contribution >= 0.6 is 0 Å². The van der Waals surface area contributed by atoms with E-state index in [1.807, 2.05) is 12.1 Å². The van der Waals surface area contributed by atoms with E-state index in [0.717, 1.165) is 12.1 Å². The molecule has 0 radical (unpaired) electrons. The van der Waals surface area contributed by atoms with E-state index in [1.165, 1.54) is 36.4 Å². The van der Waals surface area contributed by atoms with Crippen molar-refractivity contribution in [2.75, 3.05) is 30.9 Å². The molecule has 1 N–H and O–H groups in total. The molecular weight excluding hydrogens is 467 g/mol. The molecule has 35 heavy (non-hydrogen) atoms. The van der Waals surface area contributed by atoms with Gasteiger partial charge in [-0.3, -0.25) is 14.4 Å². The molecule has 1 fully saturated rings. The normalized spacial score (nSPS) is 14.4. The van der Waals surface area contributed by atoms with Gasteiger partial charge in [-0.15, -0.1) is 0 Å². The van der Waals surface area contributed by atoms with Gasteiger partial charge in [0.2, 0.25) is 0 Å². The van der Waals surface area contributed by atoms with E-state index in [-0.39, 0.29) is 16.5 Å². The van der Waals surface area contributed by atoms with Crippen LogP contribution in [-0.4, -0.2) is 50.3 Å². The zero-order valence-electron chi connectivity index (χ0n) is 19.2. The molecule has 0 spiro atoms. The van der Waals surface area contributed by atoms with Gasteiger partial charge >= 0.3 is 0 Å². The molecule has 0 aromatic heterocycles. The van der Waals surface area contributed by atoms with Crippen molar-refractivity contribution in [3.05, 3.63) is 94.8 Å². The Kier molecular flexibility index (Phi) is 7.15. The van der Waals surface area contributed by atoms with Gasteiger partial charge in [0.15, 0.2) is 0 Å². The summed E-state index contributed by atoms with van der Waals surface area (Å²) in [6, 6.07) is 19.1. The number of benzene rings is 3. The number of hydrogen-bond donors (Lipinski definition) is 1. The average molecular weight is 493 g/mol. The number of carbonyl (C=O) groups is 1. The summed E-state index contributed by atoms with van der Waals surface area (Å²) in [5, 5.41) is 8.93. The maximum Gasteiger partial charge on any atom is 0.261 e. The first kappa shape index (κ1) is 24.4. The third-order valence-corrected chi connectivity index (χ3v) is 7.37. The van der Waals surface area contributed by atoms with Crippen molar-refractivity contribution >= 4 is 21.6 Å². The van der Waals surface area contributed by atoms with Crippen molar-refractivity contribution < 1.29 is 17.6 Å². The predicted molar refractivity (Wildman–Crippen MR) is 131 cm³/mol. The van der Waals surface area contributed by atoms with Crippen molar-refractivity contribution in [1.29, 1.82) is 5.26 Å². The molecule has 180 valence electrons. The summed E-state index contributed by atoms with van der Waals surface area (Å²) in [5.74, 6) is -0.674. The van der Waals surface area contributed by atoms with Crippen LogP contribution in [0.2, 0.25) is 0 Å². The minimum atomic E-state index is -3.95. The molecule has 1 amide bonds. The monoisotopic (exact) mass is 492 g/mol. The molecule has 0 bridgehead atoms. The maximum absolute atomic E-state index is 13.3. The van der Waals surface area contributed by atoms with Crippen LogP contribution in [0.4, 0.5) is 10.1 Å². The second-order valence-corrected chi connectivity index (χ2v) is 10.1. The van der Waals surface area contributed by atoms with Gasteiger partial charge in [0.05, 0.1) is 16.5 Å². The van der Waals surface area contributed by atoms with E-state index < -0.39 is 15.8 Å². The van der Waals surface area contributed by atoms with Crippen LogP contribution in [0.1, 0.15) is 27.0 Å². The lowest BCUT2D eigenvalue weighted by Gasteiger charge is -2.35. The van der Waals surface area contributed by atoms with Gasteiger partial charge in [-0.1, -0.05) is 18.2 Å². The maximum atomic E-state index is 13.3. The average Bonchev–Trinajstić information content (AvgIpc) is 2.86. The van der Waals surface area contributed by atoms with E-state index in [2.05, 4.69) is 15.7 Å². The largest absolute Gasteiger partial charge is 0.336 e. The first-order valence-electron chi connectivity index (χ1n) is 11.1. The van der Waals surface area contributed by atoms with Crippen LogP contribution in [0.3, 0.4) is 0 Å². The second-order valence-electron chi connectivity index (χ2n) is 8.47. The lowest BCUT2D eigenvalue weighted by Crippen LogP contribution is -2.48. The molecule has 0 aliphatic carbocycles. The molecule has 9 heteroatoms. The molecule has 0 unspecified atom stereocenters. The number of rotatable bonds is 6. The highest BCUT2D eigenvalue weighted by molar-refractivity contribution is 7.92. The van der Waals surface area contributed by atoms with E-state index in [1.54, 1.807) is 30.0 Å². The molecule has 7 nitrogen and oxygen atoms in total. The molecule has 3 aromatic carbocycles. The zero-order chi connectivity index (χ0) is 25.0. The van der Waals surface area contributed by atoms with Crippen LogP contribution in [0, 0.1) is 24.1 Å². The number of amides is 1. The fourth-order valence-corrected chi connectivity index (χ4v) is 5.04. The molecular formula is C26H25FN4O3S. The second kappa shape index (κ2) is 10.3.